The SMILES string of the molecule is CCN(CC)C(C)(C(=O)O)c1ccc(OC(C)C)cc1. The molecule has 1 aromatic rings. The topological polar surface area (TPSA) is 49.8 Å². The summed E-state index contributed by atoms with van der Waals surface area (Å²) >= 11 is 0. The van der Waals surface area contributed by atoms with Gasteiger partial charge in [-0.25, -0.2) is 4.79 Å². The summed E-state index contributed by atoms with van der Waals surface area (Å²) in [6.07, 6.45) is 0.106. The first-order valence-electron chi connectivity index (χ1n) is 7.11. The largest absolute Gasteiger partial charge is 0.491 e. The predicted octanol–water partition coefficient (Wildman–Crippen LogP) is 3.12. The third-order valence-corrected chi connectivity index (χ3v) is 3.60. The Morgan fingerprint density at radius 2 is 1.75 bits per heavy atom. The van der Waals surface area contributed by atoms with Crippen LogP contribution in [0.15, 0.2) is 24.3 Å². The Labute approximate surface area is 121 Å². The van der Waals surface area contributed by atoms with Gasteiger partial charge >= 0.3 is 5.97 Å². The zero-order valence-electron chi connectivity index (χ0n) is 13.0. The second-order valence-electron chi connectivity index (χ2n) is 5.24. The van der Waals surface area contributed by atoms with Crippen LogP contribution in [0.2, 0.25) is 0 Å². The minimum Gasteiger partial charge on any atom is -0.491 e. The Morgan fingerprint density at radius 3 is 2.10 bits per heavy atom. The molecule has 0 radical (unpaired) electrons. The van der Waals surface area contributed by atoms with E-state index in [1.54, 1.807) is 6.92 Å². The molecule has 20 heavy (non-hydrogen) atoms. The molecule has 1 rings (SSSR count). The highest BCUT2D eigenvalue weighted by molar-refractivity contribution is 5.80. The van der Waals surface area contributed by atoms with Gasteiger partial charge in [-0.2, -0.15) is 0 Å². The molecule has 0 fully saturated rings. The van der Waals surface area contributed by atoms with Gasteiger partial charge in [0.1, 0.15) is 11.3 Å². The summed E-state index contributed by atoms with van der Waals surface area (Å²) in [6.45, 7) is 11.0. The first-order chi connectivity index (χ1) is 9.36. The third kappa shape index (κ3) is 3.31. The molecule has 1 atom stereocenters. The van der Waals surface area contributed by atoms with Crippen molar-refractivity contribution in [3.63, 3.8) is 0 Å². The van der Waals surface area contributed by atoms with E-state index in [4.69, 9.17) is 4.74 Å². The smallest absolute Gasteiger partial charge is 0.328 e. The highest BCUT2D eigenvalue weighted by Crippen LogP contribution is 2.30. The van der Waals surface area contributed by atoms with Crippen LogP contribution in [0.4, 0.5) is 0 Å². The number of benzene rings is 1. The minimum absolute atomic E-state index is 0.106. The number of nitrogens with zero attached hydrogens (tertiary/aromatic N) is 1. The maximum absolute atomic E-state index is 11.8. The highest BCUT2D eigenvalue weighted by atomic mass is 16.5. The van der Waals surface area contributed by atoms with Crippen LogP contribution in [-0.2, 0) is 10.3 Å². The van der Waals surface area contributed by atoms with E-state index in [2.05, 4.69) is 0 Å². The molecule has 112 valence electrons. The van der Waals surface area contributed by atoms with Crippen molar-refractivity contribution in [3.8, 4) is 5.75 Å². The van der Waals surface area contributed by atoms with Crippen LogP contribution < -0.4 is 4.74 Å². The summed E-state index contributed by atoms with van der Waals surface area (Å²) < 4.78 is 5.59. The molecule has 0 aliphatic carbocycles. The van der Waals surface area contributed by atoms with Gasteiger partial charge < -0.3 is 9.84 Å². The quantitative estimate of drug-likeness (QED) is 0.833. The molecule has 0 amide bonds. The first-order valence-corrected chi connectivity index (χ1v) is 7.11. The first kappa shape index (κ1) is 16.5. The van der Waals surface area contributed by atoms with E-state index in [0.29, 0.717) is 13.1 Å². The summed E-state index contributed by atoms with van der Waals surface area (Å²) in [4.78, 5) is 13.7. The average Bonchev–Trinajstić information content (AvgIpc) is 2.39. The fourth-order valence-electron chi connectivity index (χ4n) is 2.43. The van der Waals surface area contributed by atoms with Crippen LogP contribution in [0.5, 0.6) is 5.75 Å². The molecule has 0 heterocycles. The standard InChI is InChI=1S/C16H25NO3/c1-6-17(7-2)16(5,15(18)19)13-8-10-14(11-9-13)20-12(3)4/h8-12H,6-7H2,1-5H3,(H,18,19). The number of ether oxygens (including phenoxy) is 1. The van der Waals surface area contributed by atoms with Gasteiger partial charge in [0.2, 0.25) is 0 Å². The Balaban J connectivity index is 3.13. The molecule has 1 N–H and O–H groups in total. The number of likely N-dealkylation sites (N-methyl/N-ethyl adjacent to an activating group) is 1. The van der Waals surface area contributed by atoms with Crippen molar-refractivity contribution < 1.29 is 14.6 Å². The molecule has 1 unspecified atom stereocenters. The van der Waals surface area contributed by atoms with E-state index in [1.165, 1.54) is 0 Å². The van der Waals surface area contributed by atoms with Crippen LogP contribution in [0.25, 0.3) is 0 Å². The van der Waals surface area contributed by atoms with Gasteiger partial charge in [-0.1, -0.05) is 26.0 Å². The van der Waals surface area contributed by atoms with E-state index in [-0.39, 0.29) is 6.10 Å². The molecule has 0 spiro atoms. The molecule has 4 nitrogen and oxygen atoms in total. The van der Waals surface area contributed by atoms with Crippen LogP contribution in [-0.4, -0.2) is 35.2 Å². The van der Waals surface area contributed by atoms with E-state index in [0.717, 1.165) is 11.3 Å². The molecule has 0 aromatic heterocycles. The van der Waals surface area contributed by atoms with Crippen molar-refractivity contribution >= 4 is 5.97 Å². The van der Waals surface area contributed by atoms with Crippen molar-refractivity contribution in [3.05, 3.63) is 29.8 Å². The lowest BCUT2D eigenvalue weighted by Gasteiger charge is -2.37. The molecular formula is C16H25NO3. The molecule has 4 heteroatoms. The van der Waals surface area contributed by atoms with Crippen LogP contribution >= 0.6 is 0 Å². The molecule has 0 saturated heterocycles. The van der Waals surface area contributed by atoms with Crippen LogP contribution in [0.1, 0.15) is 40.2 Å². The Morgan fingerprint density at radius 1 is 1.25 bits per heavy atom. The summed E-state index contributed by atoms with van der Waals surface area (Å²) in [5.41, 5.74) is -0.246. The number of carbonyl (C=O) groups is 1. The van der Waals surface area contributed by atoms with Gasteiger partial charge in [0.25, 0.3) is 0 Å². The number of carboxylic acid groups (broad SMARTS) is 1. The van der Waals surface area contributed by atoms with Crippen LogP contribution in [0, 0.1) is 0 Å². The van der Waals surface area contributed by atoms with Crippen LogP contribution in [0.3, 0.4) is 0 Å². The monoisotopic (exact) mass is 279 g/mol. The van der Waals surface area contributed by atoms with Gasteiger partial charge in [-0.15, -0.1) is 0 Å². The molecule has 0 aliphatic rings. The van der Waals surface area contributed by atoms with E-state index in [1.807, 2.05) is 56.9 Å². The number of carboxylic acids is 1. The van der Waals surface area contributed by atoms with E-state index in [9.17, 15) is 9.90 Å². The Hall–Kier alpha value is -1.55. The Kier molecular flexibility index (Phi) is 5.57. The zero-order valence-corrected chi connectivity index (χ0v) is 13.0. The molecule has 0 bridgehead atoms. The fraction of sp³-hybridized carbons (Fsp3) is 0.562. The van der Waals surface area contributed by atoms with Crippen molar-refractivity contribution in [2.45, 2.75) is 46.3 Å². The van der Waals surface area contributed by atoms with Gasteiger partial charge in [0.15, 0.2) is 0 Å². The van der Waals surface area contributed by atoms with E-state index >= 15 is 0 Å². The number of hydrogen-bond acceptors (Lipinski definition) is 3. The van der Waals surface area contributed by atoms with Crippen molar-refractivity contribution in [1.82, 2.24) is 4.90 Å². The lowest BCUT2D eigenvalue weighted by Crippen LogP contribution is -2.49. The second-order valence-corrected chi connectivity index (χ2v) is 5.24. The molecular weight excluding hydrogens is 254 g/mol. The lowest BCUT2D eigenvalue weighted by atomic mass is 9.90. The molecule has 0 saturated carbocycles. The van der Waals surface area contributed by atoms with E-state index < -0.39 is 11.5 Å². The highest BCUT2D eigenvalue weighted by Gasteiger charge is 2.39. The van der Waals surface area contributed by atoms with Gasteiger partial charge in [-0.05, 0) is 51.6 Å². The maximum atomic E-state index is 11.8. The number of hydrogen-bond donors (Lipinski definition) is 1. The lowest BCUT2D eigenvalue weighted by molar-refractivity contribution is -0.151. The van der Waals surface area contributed by atoms with Gasteiger partial charge in [0.05, 0.1) is 6.10 Å². The molecule has 1 aromatic carbocycles. The van der Waals surface area contributed by atoms with Crippen molar-refractivity contribution in [2.24, 2.45) is 0 Å². The van der Waals surface area contributed by atoms with Gasteiger partial charge in [0, 0.05) is 0 Å². The maximum Gasteiger partial charge on any atom is 0.328 e. The molecule has 0 aliphatic heterocycles. The van der Waals surface area contributed by atoms with Gasteiger partial charge in [-0.3, -0.25) is 4.90 Å². The Bertz CT molecular complexity index is 438. The summed E-state index contributed by atoms with van der Waals surface area (Å²) in [6, 6.07) is 7.34. The fourth-order valence-corrected chi connectivity index (χ4v) is 2.43. The van der Waals surface area contributed by atoms with Crippen molar-refractivity contribution in [2.75, 3.05) is 13.1 Å². The minimum atomic E-state index is -1.01. The van der Waals surface area contributed by atoms with Crippen molar-refractivity contribution in [1.29, 1.82) is 0 Å². The summed E-state index contributed by atoms with van der Waals surface area (Å²) in [5, 5.41) is 9.66. The summed E-state index contributed by atoms with van der Waals surface area (Å²) in [7, 11) is 0. The second kappa shape index (κ2) is 6.75. The zero-order chi connectivity index (χ0) is 15.3. The summed E-state index contributed by atoms with van der Waals surface area (Å²) in [5.74, 6) is -0.0743. The third-order valence-electron chi connectivity index (χ3n) is 3.60. The average molecular weight is 279 g/mol. The number of rotatable bonds is 7. The normalized spacial score (nSPS) is 14.3. The predicted molar refractivity (Wildman–Crippen MR) is 80.1 cm³/mol. The number of aliphatic carboxylic acids is 1.